The number of hydrogen-bond acceptors (Lipinski definition) is 5. The van der Waals surface area contributed by atoms with Gasteiger partial charge in [-0.25, -0.2) is 4.98 Å². The number of nitrogens with zero attached hydrogens (tertiary/aromatic N) is 1. The van der Waals surface area contributed by atoms with Crippen molar-refractivity contribution in [3.8, 4) is 5.88 Å². The molecule has 1 aliphatic rings. The van der Waals surface area contributed by atoms with E-state index in [-0.39, 0.29) is 5.84 Å². The van der Waals surface area contributed by atoms with Crippen molar-refractivity contribution in [3.05, 3.63) is 22.9 Å². The van der Waals surface area contributed by atoms with Crippen molar-refractivity contribution in [2.24, 2.45) is 5.73 Å². The maximum Gasteiger partial charge on any atom is 0.224 e. The molecule has 0 aromatic carbocycles. The van der Waals surface area contributed by atoms with Gasteiger partial charge in [0.1, 0.15) is 12.4 Å². The molecule has 0 spiro atoms. The van der Waals surface area contributed by atoms with Crippen molar-refractivity contribution in [3.63, 3.8) is 0 Å². The first-order chi connectivity index (χ1) is 10.2. The fourth-order valence-electron chi connectivity index (χ4n) is 2.36. The van der Waals surface area contributed by atoms with Crippen molar-refractivity contribution < 1.29 is 14.2 Å². The highest BCUT2D eigenvalue weighted by molar-refractivity contribution is 5.97. The summed E-state index contributed by atoms with van der Waals surface area (Å²) in [5.74, 6) is 0.442. The lowest BCUT2D eigenvalue weighted by Gasteiger charge is -2.12. The molecule has 116 valence electrons. The van der Waals surface area contributed by atoms with Gasteiger partial charge in [-0.15, -0.1) is 0 Å². The van der Waals surface area contributed by atoms with Crippen LogP contribution in [-0.2, 0) is 22.3 Å². The third-order valence-corrected chi connectivity index (χ3v) is 3.41. The highest BCUT2D eigenvalue weighted by Gasteiger charge is 2.18. The molecule has 1 aliphatic carbocycles. The van der Waals surface area contributed by atoms with Crippen LogP contribution in [0.15, 0.2) is 6.07 Å². The zero-order valence-corrected chi connectivity index (χ0v) is 12.5. The first kappa shape index (κ1) is 15.7. The standard InChI is InChI=1S/C15H23N3O3/c1-19-6-3-7-20-8-9-21-15-12(14(16)17)10-11-4-2-5-13(11)18-15/h10H,2-9H2,1H3,(H3,16,17). The van der Waals surface area contributed by atoms with Crippen LogP contribution >= 0.6 is 0 Å². The average Bonchev–Trinajstić information content (AvgIpc) is 2.92. The summed E-state index contributed by atoms with van der Waals surface area (Å²) < 4.78 is 16.0. The third kappa shape index (κ3) is 4.41. The number of ether oxygens (including phenoxy) is 3. The smallest absolute Gasteiger partial charge is 0.224 e. The topological polar surface area (TPSA) is 90.5 Å². The van der Waals surface area contributed by atoms with Gasteiger partial charge in [-0.05, 0) is 37.3 Å². The monoisotopic (exact) mass is 293 g/mol. The Morgan fingerprint density at radius 1 is 1.29 bits per heavy atom. The average molecular weight is 293 g/mol. The Kier molecular flexibility index (Phi) is 5.95. The molecule has 3 N–H and O–H groups in total. The number of fused-ring (bicyclic) bond motifs is 1. The van der Waals surface area contributed by atoms with E-state index in [1.165, 1.54) is 5.56 Å². The number of nitrogen functional groups attached to an aromatic ring is 1. The molecular formula is C15H23N3O3. The summed E-state index contributed by atoms with van der Waals surface area (Å²) in [6.07, 6.45) is 3.95. The van der Waals surface area contributed by atoms with Crippen LogP contribution in [0.2, 0.25) is 0 Å². The molecule has 0 aliphatic heterocycles. The van der Waals surface area contributed by atoms with Crippen molar-refractivity contribution in [1.29, 1.82) is 5.41 Å². The van der Waals surface area contributed by atoms with Gasteiger partial charge in [-0.1, -0.05) is 0 Å². The summed E-state index contributed by atoms with van der Waals surface area (Å²) in [5, 5.41) is 7.64. The molecule has 0 fully saturated rings. The number of nitrogens with two attached hydrogens (primary N) is 1. The third-order valence-electron chi connectivity index (χ3n) is 3.41. The van der Waals surface area contributed by atoms with Gasteiger partial charge in [0, 0.05) is 26.0 Å². The zero-order chi connectivity index (χ0) is 15.1. The number of aryl methyl sites for hydroxylation is 2. The second kappa shape index (κ2) is 7.95. The van der Waals surface area contributed by atoms with E-state index in [0.29, 0.717) is 37.9 Å². The predicted octanol–water partition coefficient (Wildman–Crippen LogP) is 1.29. The molecule has 1 aromatic rings. The first-order valence-electron chi connectivity index (χ1n) is 7.29. The SMILES string of the molecule is COCCCOCCOc1nc2c(cc1C(=N)N)CCC2. The number of nitrogens with one attached hydrogen (secondary N) is 1. The van der Waals surface area contributed by atoms with Crippen LogP contribution in [0, 0.1) is 5.41 Å². The Balaban J connectivity index is 1.86. The lowest BCUT2D eigenvalue weighted by molar-refractivity contribution is 0.0794. The largest absolute Gasteiger partial charge is 0.475 e. The van der Waals surface area contributed by atoms with Crippen LogP contribution in [-0.4, -0.2) is 44.4 Å². The fourth-order valence-corrected chi connectivity index (χ4v) is 2.36. The van der Waals surface area contributed by atoms with Crippen molar-refractivity contribution in [2.45, 2.75) is 25.7 Å². The van der Waals surface area contributed by atoms with Gasteiger partial charge in [0.25, 0.3) is 0 Å². The first-order valence-corrected chi connectivity index (χ1v) is 7.29. The summed E-state index contributed by atoms with van der Waals surface area (Å²) in [6, 6.07) is 1.94. The number of pyridine rings is 1. The Labute approximate surface area is 125 Å². The summed E-state index contributed by atoms with van der Waals surface area (Å²) in [6.45, 7) is 2.23. The van der Waals surface area contributed by atoms with E-state index in [1.807, 2.05) is 6.07 Å². The second-order valence-corrected chi connectivity index (χ2v) is 5.02. The van der Waals surface area contributed by atoms with E-state index in [1.54, 1.807) is 7.11 Å². The Morgan fingerprint density at radius 2 is 2.14 bits per heavy atom. The lowest BCUT2D eigenvalue weighted by Crippen LogP contribution is -2.17. The molecule has 1 heterocycles. The Morgan fingerprint density at radius 3 is 2.90 bits per heavy atom. The van der Waals surface area contributed by atoms with Crippen molar-refractivity contribution in [2.75, 3.05) is 33.5 Å². The molecule has 2 rings (SSSR count). The molecule has 0 unspecified atom stereocenters. The van der Waals surface area contributed by atoms with Gasteiger partial charge in [0.05, 0.1) is 12.2 Å². The predicted molar refractivity (Wildman–Crippen MR) is 80.1 cm³/mol. The van der Waals surface area contributed by atoms with E-state index in [0.717, 1.165) is 31.4 Å². The van der Waals surface area contributed by atoms with E-state index in [2.05, 4.69) is 4.98 Å². The van der Waals surface area contributed by atoms with Crippen LogP contribution in [0.25, 0.3) is 0 Å². The number of aromatic nitrogens is 1. The molecule has 0 atom stereocenters. The molecule has 0 amide bonds. The van der Waals surface area contributed by atoms with Crippen LogP contribution in [0.5, 0.6) is 5.88 Å². The van der Waals surface area contributed by atoms with Crippen molar-refractivity contribution in [1.82, 2.24) is 4.98 Å². The Hall–Kier alpha value is -1.66. The highest BCUT2D eigenvalue weighted by atomic mass is 16.5. The van der Waals surface area contributed by atoms with Crippen LogP contribution in [0.4, 0.5) is 0 Å². The summed E-state index contributed by atoms with van der Waals surface area (Å²) in [7, 11) is 1.67. The van der Waals surface area contributed by atoms with Gasteiger partial charge in [-0.3, -0.25) is 5.41 Å². The normalized spacial score (nSPS) is 13.2. The molecule has 0 saturated carbocycles. The van der Waals surface area contributed by atoms with Gasteiger partial charge in [0.2, 0.25) is 5.88 Å². The molecule has 6 heteroatoms. The van der Waals surface area contributed by atoms with Gasteiger partial charge >= 0.3 is 0 Å². The van der Waals surface area contributed by atoms with E-state index in [9.17, 15) is 0 Å². The molecular weight excluding hydrogens is 270 g/mol. The molecule has 1 aromatic heterocycles. The van der Waals surface area contributed by atoms with E-state index < -0.39 is 0 Å². The minimum Gasteiger partial charge on any atom is -0.475 e. The van der Waals surface area contributed by atoms with Crippen LogP contribution in [0.1, 0.15) is 29.7 Å². The van der Waals surface area contributed by atoms with Gasteiger partial charge < -0.3 is 19.9 Å². The summed E-state index contributed by atoms with van der Waals surface area (Å²) in [4.78, 5) is 4.50. The number of hydrogen-bond donors (Lipinski definition) is 2. The van der Waals surface area contributed by atoms with Gasteiger partial charge in [0.15, 0.2) is 0 Å². The van der Waals surface area contributed by atoms with Crippen molar-refractivity contribution >= 4 is 5.84 Å². The second-order valence-electron chi connectivity index (χ2n) is 5.02. The van der Waals surface area contributed by atoms with E-state index in [4.69, 9.17) is 25.4 Å². The zero-order valence-electron chi connectivity index (χ0n) is 12.5. The summed E-state index contributed by atoms with van der Waals surface area (Å²) in [5.41, 5.74) is 8.44. The highest BCUT2D eigenvalue weighted by Crippen LogP contribution is 2.26. The van der Waals surface area contributed by atoms with E-state index >= 15 is 0 Å². The fraction of sp³-hybridized carbons (Fsp3) is 0.600. The van der Waals surface area contributed by atoms with Gasteiger partial charge in [-0.2, -0.15) is 0 Å². The maximum atomic E-state index is 7.64. The Bertz CT molecular complexity index is 491. The van der Waals surface area contributed by atoms with Crippen LogP contribution < -0.4 is 10.5 Å². The molecule has 0 bridgehead atoms. The maximum absolute atomic E-state index is 7.64. The minimum absolute atomic E-state index is 0.00628. The number of methoxy groups -OCH3 is 1. The molecule has 0 saturated heterocycles. The number of amidine groups is 1. The molecule has 6 nitrogen and oxygen atoms in total. The number of rotatable bonds is 9. The minimum atomic E-state index is -0.00628. The summed E-state index contributed by atoms with van der Waals surface area (Å²) >= 11 is 0. The molecule has 21 heavy (non-hydrogen) atoms. The quantitative estimate of drug-likeness (QED) is 0.407. The lowest BCUT2D eigenvalue weighted by atomic mass is 10.1. The van der Waals surface area contributed by atoms with Crippen LogP contribution in [0.3, 0.4) is 0 Å². The molecule has 0 radical (unpaired) electrons.